The molecule has 24 heavy (non-hydrogen) atoms. The number of phenols is 1. The van der Waals surface area contributed by atoms with E-state index in [9.17, 15) is 18.3 Å². The molecule has 0 aromatic heterocycles. The first kappa shape index (κ1) is 22.9. The average Bonchev–Trinajstić information content (AvgIpc) is 2.46. The Balaban J connectivity index is 0.00000264. The second kappa shape index (κ2) is 9.98. The number of phenolic OH excluding ortho intramolecular Hbond substituents is 1. The molecule has 2 N–H and O–H groups in total. The maximum atomic E-state index is 12.4. The van der Waals surface area contributed by atoms with E-state index in [0.29, 0.717) is 12.0 Å². The quantitative estimate of drug-likeness (QED) is 0.755. The Bertz CT molecular complexity index is 524. The molecule has 0 amide bonds. The van der Waals surface area contributed by atoms with Crippen LogP contribution in [0.3, 0.4) is 0 Å². The lowest BCUT2D eigenvalue weighted by molar-refractivity contribution is -0.274. The van der Waals surface area contributed by atoms with Crippen LogP contribution in [0.15, 0.2) is 30.9 Å². The van der Waals surface area contributed by atoms with Crippen LogP contribution in [0.1, 0.15) is 18.0 Å². The Morgan fingerprint density at radius 2 is 1.92 bits per heavy atom. The first-order valence-corrected chi connectivity index (χ1v) is 7.05. The molecular weight excluding hydrogens is 368 g/mol. The third-order valence-corrected chi connectivity index (χ3v) is 3.57. The lowest BCUT2D eigenvalue weighted by atomic mass is 9.99. The van der Waals surface area contributed by atoms with E-state index in [4.69, 9.17) is 0 Å². The predicted molar refractivity (Wildman–Crippen MR) is 91.3 cm³/mol. The minimum atomic E-state index is -4.75. The van der Waals surface area contributed by atoms with Gasteiger partial charge in [-0.3, -0.25) is 4.90 Å². The van der Waals surface area contributed by atoms with Gasteiger partial charge in [0.1, 0.15) is 11.5 Å². The summed E-state index contributed by atoms with van der Waals surface area (Å²) in [6.07, 6.45) is -2.52. The van der Waals surface area contributed by atoms with Crippen molar-refractivity contribution in [3.8, 4) is 11.5 Å². The zero-order chi connectivity index (χ0) is 16.2. The molecule has 2 rings (SSSR count). The highest BCUT2D eigenvalue weighted by Crippen LogP contribution is 2.35. The normalized spacial score (nSPS) is 16.5. The first-order valence-electron chi connectivity index (χ1n) is 7.05. The molecule has 1 aromatic carbocycles. The summed E-state index contributed by atoms with van der Waals surface area (Å²) in [6, 6.07) is 3.36. The van der Waals surface area contributed by atoms with Gasteiger partial charge in [0.15, 0.2) is 0 Å². The number of nitrogens with zero attached hydrogens (tertiary/aromatic N) is 1. The summed E-state index contributed by atoms with van der Waals surface area (Å²) in [5.74, 6) is -0.371. The molecule has 0 aliphatic carbocycles. The molecule has 0 spiro atoms. The fraction of sp³-hybridized carbons (Fsp3) is 0.467. The summed E-state index contributed by atoms with van der Waals surface area (Å²) in [5, 5.41) is 13.3. The van der Waals surface area contributed by atoms with Crippen molar-refractivity contribution in [2.75, 3.05) is 26.2 Å². The maximum Gasteiger partial charge on any atom is 0.573 e. The summed E-state index contributed by atoms with van der Waals surface area (Å²) in [7, 11) is 0. The lowest BCUT2D eigenvalue weighted by Crippen LogP contribution is -2.45. The van der Waals surface area contributed by atoms with Crippen LogP contribution in [0.25, 0.3) is 0 Å². The molecule has 1 aliphatic heterocycles. The highest BCUT2D eigenvalue weighted by molar-refractivity contribution is 5.85. The molecule has 0 unspecified atom stereocenters. The van der Waals surface area contributed by atoms with Crippen molar-refractivity contribution in [1.82, 2.24) is 10.2 Å². The van der Waals surface area contributed by atoms with Gasteiger partial charge >= 0.3 is 6.36 Å². The molecule has 4 nitrogen and oxygen atoms in total. The maximum absolute atomic E-state index is 12.4. The topological polar surface area (TPSA) is 44.7 Å². The van der Waals surface area contributed by atoms with Crippen LogP contribution < -0.4 is 10.1 Å². The Morgan fingerprint density at radius 1 is 1.29 bits per heavy atom. The van der Waals surface area contributed by atoms with Gasteiger partial charge in [-0.15, -0.1) is 44.6 Å². The van der Waals surface area contributed by atoms with E-state index in [1.807, 2.05) is 0 Å². The van der Waals surface area contributed by atoms with Crippen LogP contribution in [0.5, 0.6) is 11.5 Å². The largest absolute Gasteiger partial charge is 0.573 e. The molecule has 9 heteroatoms. The smallest absolute Gasteiger partial charge is 0.508 e. The zero-order valence-corrected chi connectivity index (χ0v) is 14.5. The fourth-order valence-corrected chi connectivity index (χ4v) is 2.62. The Kier molecular flexibility index (Phi) is 9.50. The van der Waals surface area contributed by atoms with Crippen molar-refractivity contribution < 1.29 is 23.0 Å². The van der Waals surface area contributed by atoms with E-state index in [1.54, 1.807) is 6.08 Å². The molecule has 1 fully saturated rings. The van der Waals surface area contributed by atoms with Crippen LogP contribution in [-0.4, -0.2) is 42.5 Å². The van der Waals surface area contributed by atoms with Crippen LogP contribution in [0.2, 0.25) is 0 Å². The van der Waals surface area contributed by atoms with Gasteiger partial charge in [-0.25, -0.2) is 0 Å². The fourth-order valence-electron chi connectivity index (χ4n) is 2.62. The number of halogens is 5. The number of alkyl halides is 3. The van der Waals surface area contributed by atoms with Gasteiger partial charge in [0.05, 0.1) is 0 Å². The van der Waals surface area contributed by atoms with Crippen LogP contribution in [-0.2, 0) is 0 Å². The Hall–Kier alpha value is -1.15. The number of nitrogens with one attached hydrogen (secondary N) is 1. The van der Waals surface area contributed by atoms with Gasteiger partial charge in [-0.2, -0.15) is 0 Å². The Labute approximate surface area is 151 Å². The number of aromatic hydroxyl groups is 1. The predicted octanol–water partition coefficient (Wildman–Crippen LogP) is 3.66. The number of benzene rings is 1. The van der Waals surface area contributed by atoms with E-state index in [0.717, 1.165) is 32.2 Å². The van der Waals surface area contributed by atoms with E-state index in [-0.39, 0.29) is 42.4 Å². The van der Waals surface area contributed by atoms with Gasteiger partial charge in [0.25, 0.3) is 0 Å². The third kappa shape index (κ3) is 6.39. The summed E-state index contributed by atoms with van der Waals surface area (Å²) >= 11 is 0. The molecule has 0 radical (unpaired) electrons. The highest BCUT2D eigenvalue weighted by atomic mass is 35.5. The number of ether oxygens (including phenoxy) is 1. The third-order valence-electron chi connectivity index (χ3n) is 3.57. The van der Waals surface area contributed by atoms with Crippen LogP contribution in [0, 0.1) is 0 Å². The van der Waals surface area contributed by atoms with E-state index in [2.05, 4.69) is 21.5 Å². The molecule has 0 bridgehead atoms. The van der Waals surface area contributed by atoms with Gasteiger partial charge in [-0.1, -0.05) is 6.08 Å². The number of rotatable bonds is 5. The second-order valence-electron chi connectivity index (χ2n) is 5.09. The van der Waals surface area contributed by atoms with Gasteiger partial charge in [-0.05, 0) is 24.6 Å². The zero-order valence-electron chi connectivity index (χ0n) is 12.9. The molecule has 0 saturated carbocycles. The molecule has 138 valence electrons. The number of hydrogen-bond donors (Lipinski definition) is 2. The second-order valence-corrected chi connectivity index (χ2v) is 5.09. The van der Waals surface area contributed by atoms with Crippen molar-refractivity contribution >= 4 is 24.8 Å². The molecule has 1 aromatic rings. The average molecular weight is 389 g/mol. The molecule has 1 atom stereocenters. The van der Waals surface area contributed by atoms with E-state index in [1.165, 1.54) is 12.1 Å². The van der Waals surface area contributed by atoms with Gasteiger partial charge < -0.3 is 15.2 Å². The number of piperazine rings is 1. The minimum Gasteiger partial charge on any atom is -0.508 e. The van der Waals surface area contributed by atoms with Crippen molar-refractivity contribution in [2.24, 2.45) is 0 Å². The summed E-state index contributed by atoms with van der Waals surface area (Å²) < 4.78 is 41.0. The van der Waals surface area contributed by atoms with Crippen molar-refractivity contribution in [1.29, 1.82) is 0 Å². The number of hydrogen-bond acceptors (Lipinski definition) is 4. The summed E-state index contributed by atoms with van der Waals surface area (Å²) in [5.41, 5.74) is 0.420. The molecule has 1 heterocycles. The van der Waals surface area contributed by atoms with Crippen molar-refractivity contribution in [2.45, 2.75) is 18.8 Å². The SMILES string of the molecule is C=CC[C@H](c1cc(OC(F)(F)F)ccc1O)N1CCNCC1.Cl.Cl. The van der Waals surface area contributed by atoms with Gasteiger partial charge in [0.2, 0.25) is 0 Å². The molecule has 1 saturated heterocycles. The van der Waals surface area contributed by atoms with Crippen LogP contribution >= 0.6 is 24.8 Å². The van der Waals surface area contributed by atoms with Crippen LogP contribution in [0.4, 0.5) is 13.2 Å². The van der Waals surface area contributed by atoms with Crippen molar-refractivity contribution in [3.63, 3.8) is 0 Å². The summed E-state index contributed by atoms with van der Waals surface area (Å²) in [4.78, 5) is 2.12. The standard InChI is InChI=1S/C15H19F3N2O2.2ClH/c1-2-3-13(20-8-6-19-7-9-20)12-10-11(4-5-14(12)21)22-15(16,17)18;;/h2,4-5,10,13,19,21H,1,3,6-9H2;2*1H/t13-;;/m1../s1. The van der Waals surface area contributed by atoms with E-state index < -0.39 is 6.36 Å². The summed E-state index contributed by atoms with van der Waals surface area (Å²) in [6.45, 7) is 6.80. The lowest BCUT2D eigenvalue weighted by Gasteiger charge is -2.35. The monoisotopic (exact) mass is 388 g/mol. The highest BCUT2D eigenvalue weighted by Gasteiger charge is 2.32. The minimum absolute atomic E-state index is 0. The van der Waals surface area contributed by atoms with Crippen molar-refractivity contribution in [3.05, 3.63) is 36.4 Å². The van der Waals surface area contributed by atoms with E-state index >= 15 is 0 Å². The van der Waals surface area contributed by atoms with Gasteiger partial charge in [0, 0.05) is 37.8 Å². The molecule has 1 aliphatic rings. The molecular formula is C15H21Cl2F3N2O2. The Morgan fingerprint density at radius 3 is 2.46 bits per heavy atom. The first-order chi connectivity index (χ1) is 10.4.